The number of anilines is 1. The third-order valence-corrected chi connectivity index (χ3v) is 6.53. The molecule has 0 aromatic heterocycles. The Labute approximate surface area is 202 Å². The normalized spacial score (nSPS) is 17.3. The first-order valence-electron chi connectivity index (χ1n) is 12.1. The van der Waals surface area contributed by atoms with Crippen LogP contribution < -0.4 is 15.0 Å². The minimum absolute atomic E-state index is 0.00758. The predicted molar refractivity (Wildman–Crippen MR) is 134 cm³/mol. The summed E-state index contributed by atoms with van der Waals surface area (Å²) >= 11 is 0. The van der Waals surface area contributed by atoms with E-state index < -0.39 is 0 Å². The molecule has 7 nitrogen and oxygen atoms in total. The van der Waals surface area contributed by atoms with E-state index in [1.54, 1.807) is 4.90 Å². The number of nitrogens with one attached hydrogen (secondary N) is 1. The molecule has 0 unspecified atom stereocenters. The molecule has 1 N–H and O–H groups in total. The van der Waals surface area contributed by atoms with Crippen LogP contribution in [0.1, 0.15) is 31.9 Å². The number of hydrogen-bond acceptors (Lipinski definition) is 5. The van der Waals surface area contributed by atoms with E-state index in [4.69, 9.17) is 4.74 Å². The zero-order valence-corrected chi connectivity index (χ0v) is 20.5. The maximum Gasteiger partial charge on any atom is 0.265 e. The summed E-state index contributed by atoms with van der Waals surface area (Å²) in [5.41, 5.74) is 3.06. The molecule has 0 aliphatic carbocycles. The van der Waals surface area contributed by atoms with Crippen LogP contribution in [-0.2, 0) is 21.5 Å². The summed E-state index contributed by atoms with van der Waals surface area (Å²) in [6.07, 6.45) is 0. The third-order valence-electron chi connectivity index (χ3n) is 6.53. The highest BCUT2D eigenvalue weighted by atomic mass is 16.5. The van der Waals surface area contributed by atoms with E-state index in [0.29, 0.717) is 18.0 Å². The Morgan fingerprint density at radius 3 is 2.41 bits per heavy atom. The van der Waals surface area contributed by atoms with Gasteiger partial charge in [-0.3, -0.25) is 24.3 Å². The fourth-order valence-corrected chi connectivity index (χ4v) is 4.41. The average Bonchev–Trinajstić information content (AvgIpc) is 2.82. The molecule has 182 valence electrons. The van der Waals surface area contributed by atoms with Gasteiger partial charge in [0.15, 0.2) is 6.61 Å². The number of ether oxygens (including phenoxy) is 1. The zero-order chi connectivity index (χ0) is 24.1. The van der Waals surface area contributed by atoms with Crippen LogP contribution in [0, 0.1) is 0 Å². The largest absolute Gasteiger partial charge is 0.482 e. The number of nitrogens with zero attached hydrogens (tertiary/aromatic N) is 3. The van der Waals surface area contributed by atoms with E-state index in [1.165, 1.54) is 5.56 Å². The fourth-order valence-electron chi connectivity index (χ4n) is 4.41. The van der Waals surface area contributed by atoms with Gasteiger partial charge < -0.3 is 10.1 Å². The quantitative estimate of drug-likeness (QED) is 0.683. The molecule has 2 heterocycles. The molecular weight excluding hydrogens is 428 g/mol. The molecule has 1 fully saturated rings. The van der Waals surface area contributed by atoms with E-state index in [2.05, 4.69) is 60.2 Å². The Balaban J connectivity index is 1.24. The monoisotopic (exact) mass is 464 g/mol. The third kappa shape index (κ3) is 6.15. The van der Waals surface area contributed by atoms with E-state index in [0.717, 1.165) is 44.8 Å². The standard InChI is InChI=1S/C27H36N4O3/c1-27(2,3)22-9-10-24-23(17-22)31(26(33)20-34-24)19-25(32)28-11-12-29-13-15-30(16-14-29)18-21-7-5-4-6-8-21/h4-10,17H,11-16,18-20H2,1-3H3,(H,28,32). The highest BCUT2D eigenvalue weighted by Gasteiger charge is 2.29. The molecule has 4 rings (SSSR count). The van der Waals surface area contributed by atoms with E-state index in [-0.39, 0.29) is 30.4 Å². The lowest BCUT2D eigenvalue weighted by atomic mass is 9.86. The second-order valence-corrected chi connectivity index (χ2v) is 10.2. The first-order chi connectivity index (χ1) is 16.3. The van der Waals surface area contributed by atoms with Crippen LogP contribution in [0.15, 0.2) is 48.5 Å². The van der Waals surface area contributed by atoms with Crippen molar-refractivity contribution in [2.45, 2.75) is 32.7 Å². The minimum Gasteiger partial charge on any atom is -0.482 e. The second-order valence-electron chi connectivity index (χ2n) is 10.2. The summed E-state index contributed by atoms with van der Waals surface area (Å²) in [5, 5.41) is 3.00. The molecular formula is C27H36N4O3. The SMILES string of the molecule is CC(C)(C)c1ccc2c(c1)N(CC(=O)NCCN1CCN(Cc3ccccc3)CC1)C(=O)CO2. The van der Waals surface area contributed by atoms with Crippen molar-refractivity contribution in [3.05, 3.63) is 59.7 Å². The van der Waals surface area contributed by atoms with Crippen molar-refractivity contribution in [2.75, 3.05) is 57.3 Å². The summed E-state index contributed by atoms with van der Waals surface area (Å²) in [6.45, 7) is 12.7. The van der Waals surface area contributed by atoms with Crippen molar-refractivity contribution < 1.29 is 14.3 Å². The molecule has 0 bridgehead atoms. The lowest BCUT2D eigenvalue weighted by Crippen LogP contribution is -2.49. The van der Waals surface area contributed by atoms with E-state index in [9.17, 15) is 9.59 Å². The van der Waals surface area contributed by atoms with Crippen molar-refractivity contribution in [2.24, 2.45) is 0 Å². The molecule has 2 aromatic rings. The fraction of sp³-hybridized carbons (Fsp3) is 0.481. The van der Waals surface area contributed by atoms with E-state index >= 15 is 0 Å². The van der Waals surface area contributed by atoms with Crippen LogP contribution in [0.25, 0.3) is 0 Å². The van der Waals surface area contributed by atoms with Gasteiger partial charge in [-0.15, -0.1) is 0 Å². The Morgan fingerprint density at radius 1 is 1.00 bits per heavy atom. The summed E-state index contributed by atoms with van der Waals surface area (Å²) in [6, 6.07) is 16.4. The van der Waals surface area contributed by atoms with Gasteiger partial charge in [0.2, 0.25) is 5.91 Å². The van der Waals surface area contributed by atoms with Gasteiger partial charge in [-0.2, -0.15) is 0 Å². The van der Waals surface area contributed by atoms with Gasteiger partial charge in [0, 0.05) is 45.8 Å². The molecule has 2 aliphatic heterocycles. The number of rotatable bonds is 7. The number of benzene rings is 2. The van der Waals surface area contributed by atoms with Crippen LogP contribution in [0.3, 0.4) is 0 Å². The number of piperazine rings is 1. The summed E-state index contributed by atoms with van der Waals surface area (Å²) in [4.78, 5) is 31.6. The number of amides is 2. The number of carbonyl (C=O) groups excluding carboxylic acids is 2. The molecule has 2 amide bonds. The minimum atomic E-state index is -0.191. The molecule has 2 aromatic carbocycles. The van der Waals surface area contributed by atoms with E-state index in [1.807, 2.05) is 24.3 Å². The van der Waals surface area contributed by atoms with Crippen LogP contribution >= 0.6 is 0 Å². The molecule has 0 atom stereocenters. The lowest BCUT2D eigenvalue weighted by Gasteiger charge is -2.34. The van der Waals surface area contributed by atoms with Crippen molar-refractivity contribution in [3.63, 3.8) is 0 Å². The second kappa shape index (κ2) is 10.6. The highest BCUT2D eigenvalue weighted by Crippen LogP contribution is 2.36. The van der Waals surface area contributed by atoms with Crippen molar-refractivity contribution in [1.82, 2.24) is 15.1 Å². The molecule has 1 saturated heterocycles. The molecule has 2 aliphatic rings. The number of fused-ring (bicyclic) bond motifs is 1. The Hall–Kier alpha value is -2.90. The Kier molecular flexibility index (Phi) is 7.54. The molecule has 34 heavy (non-hydrogen) atoms. The van der Waals surface area contributed by atoms with Gasteiger partial charge >= 0.3 is 0 Å². The number of hydrogen-bond donors (Lipinski definition) is 1. The smallest absolute Gasteiger partial charge is 0.265 e. The molecule has 7 heteroatoms. The predicted octanol–water partition coefficient (Wildman–Crippen LogP) is 2.64. The Bertz CT molecular complexity index is 995. The summed E-state index contributed by atoms with van der Waals surface area (Å²) in [5.74, 6) is 0.307. The topological polar surface area (TPSA) is 65.1 Å². The maximum absolute atomic E-state index is 12.7. The van der Waals surface area contributed by atoms with Gasteiger partial charge in [-0.1, -0.05) is 57.2 Å². The van der Waals surface area contributed by atoms with Crippen molar-refractivity contribution in [1.29, 1.82) is 0 Å². The molecule has 0 radical (unpaired) electrons. The summed E-state index contributed by atoms with van der Waals surface area (Å²) < 4.78 is 5.59. The molecule has 0 saturated carbocycles. The van der Waals surface area contributed by atoms with Gasteiger partial charge in [0.25, 0.3) is 5.91 Å². The molecule has 0 spiro atoms. The first kappa shape index (κ1) is 24.2. The lowest BCUT2D eigenvalue weighted by molar-refractivity contribution is -0.125. The van der Waals surface area contributed by atoms with Gasteiger partial charge in [-0.25, -0.2) is 0 Å². The zero-order valence-electron chi connectivity index (χ0n) is 20.5. The van der Waals surface area contributed by atoms with Crippen molar-refractivity contribution in [3.8, 4) is 5.75 Å². The van der Waals surface area contributed by atoms with Crippen LogP contribution in [0.2, 0.25) is 0 Å². The van der Waals surface area contributed by atoms with Crippen LogP contribution in [0.5, 0.6) is 5.75 Å². The summed E-state index contributed by atoms with van der Waals surface area (Å²) in [7, 11) is 0. The maximum atomic E-state index is 12.7. The van der Waals surface area contributed by atoms with Crippen LogP contribution in [0.4, 0.5) is 5.69 Å². The van der Waals surface area contributed by atoms with Crippen LogP contribution in [-0.4, -0.2) is 74.0 Å². The van der Waals surface area contributed by atoms with Crippen molar-refractivity contribution >= 4 is 17.5 Å². The highest BCUT2D eigenvalue weighted by molar-refractivity contribution is 6.02. The van der Waals surface area contributed by atoms with Gasteiger partial charge in [-0.05, 0) is 28.7 Å². The van der Waals surface area contributed by atoms with Gasteiger partial charge in [0.1, 0.15) is 12.3 Å². The average molecular weight is 465 g/mol. The number of carbonyl (C=O) groups is 2. The van der Waals surface area contributed by atoms with Gasteiger partial charge in [0.05, 0.1) is 5.69 Å². The first-order valence-corrected chi connectivity index (χ1v) is 12.1. The Morgan fingerprint density at radius 2 is 1.71 bits per heavy atom.